The van der Waals surface area contributed by atoms with Crippen molar-refractivity contribution in [3.8, 4) is 5.75 Å². The number of alkyl halides is 3. The summed E-state index contributed by atoms with van der Waals surface area (Å²) in [6.45, 7) is 2.65. The van der Waals surface area contributed by atoms with Gasteiger partial charge in [0.25, 0.3) is 10.0 Å². The van der Waals surface area contributed by atoms with Gasteiger partial charge in [0.2, 0.25) is 0 Å². The van der Waals surface area contributed by atoms with E-state index in [0.717, 1.165) is 18.2 Å². The predicted molar refractivity (Wildman–Crippen MR) is 141 cm³/mol. The first kappa shape index (κ1) is 28.2. The van der Waals surface area contributed by atoms with Crippen LogP contribution < -0.4 is 14.8 Å². The number of rotatable bonds is 7. The van der Waals surface area contributed by atoms with E-state index in [4.69, 9.17) is 39.5 Å². The summed E-state index contributed by atoms with van der Waals surface area (Å²) in [7, 11) is -4.25. The molecule has 0 aliphatic carbocycles. The fourth-order valence-corrected chi connectivity index (χ4v) is 6.89. The highest BCUT2D eigenvalue weighted by Gasteiger charge is 2.38. The molecule has 0 radical (unpaired) electrons. The van der Waals surface area contributed by atoms with Gasteiger partial charge in [0.1, 0.15) is 16.2 Å². The summed E-state index contributed by atoms with van der Waals surface area (Å²) in [5.41, 5.74) is -1.96. The van der Waals surface area contributed by atoms with Crippen LogP contribution in [0.3, 0.4) is 0 Å². The lowest BCUT2D eigenvalue weighted by atomic mass is 10.1. The third kappa shape index (κ3) is 6.61. The van der Waals surface area contributed by atoms with Gasteiger partial charge in [-0.15, -0.1) is 0 Å². The third-order valence-corrected chi connectivity index (χ3v) is 9.41. The third-order valence-electron chi connectivity index (χ3n) is 5.56. The molecule has 4 rings (SSSR count). The van der Waals surface area contributed by atoms with Gasteiger partial charge in [-0.1, -0.05) is 52.6 Å². The molecule has 1 fully saturated rings. The molecule has 3 aromatic rings. The Bertz CT molecular complexity index is 1410. The van der Waals surface area contributed by atoms with Crippen molar-refractivity contribution < 1.29 is 26.3 Å². The van der Waals surface area contributed by atoms with Gasteiger partial charge >= 0.3 is 6.18 Å². The van der Waals surface area contributed by atoms with Crippen LogP contribution in [-0.4, -0.2) is 27.1 Å². The van der Waals surface area contributed by atoms with Gasteiger partial charge in [-0.05, 0) is 55.9 Å². The first-order valence-corrected chi connectivity index (χ1v) is 14.3. The number of halogens is 6. The molecule has 5 nitrogen and oxygen atoms in total. The Labute approximate surface area is 231 Å². The Hall–Kier alpha value is -1.82. The van der Waals surface area contributed by atoms with Gasteiger partial charge in [0, 0.05) is 28.8 Å². The molecule has 3 aromatic carbocycles. The first-order chi connectivity index (χ1) is 17.3. The van der Waals surface area contributed by atoms with E-state index in [-0.39, 0.29) is 15.6 Å². The van der Waals surface area contributed by atoms with Crippen molar-refractivity contribution >= 4 is 62.3 Å². The van der Waals surface area contributed by atoms with Crippen molar-refractivity contribution in [3.63, 3.8) is 0 Å². The lowest BCUT2D eigenvalue weighted by Crippen LogP contribution is -2.35. The van der Waals surface area contributed by atoms with Gasteiger partial charge in [-0.3, -0.25) is 4.72 Å². The van der Waals surface area contributed by atoms with E-state index in [9.17, 15) is 21.6 Å². The van der Waals surface area contributed by atoms with E-state index < -0.39 is 33.1 Å². The molecule has 198 valence electrons. The van der Waals surface area contributed by atoms with Crippen LogP contribution in [0.2, 0.25) is 15.1 Å². The van der Waals surface area contributed by atoms with E-state index in [1.54, 1.807) is 25.1 Å². The van der Waals surface area contributed by atoms with Crippen molar-refractivity contribution in [1.82, 2.24) is 5.32 Å². The molecule has 13 heteroatoms. The quantitative estimate of drug-likeness (QED) is 0.286. The molecule has 37 heavy (non-hydrogen) atoms. The van der Waals surface area contributed by atoms with E-state index >= 15 is 0 Å². The highest BCUT2D eigenvalue weighted by Crippen LogP contribution is 2.42. The van der Waals surface area contributed by atoms with E-state index in [1.807, 2.05) is 0 Å². The molecule has 1 heterocycles. The first-order valence-electron chi connectivity index (χ1n) is 10.8. The van der Waals surface area contributed by atoms with Gasteiger partial charge in [0.05, 0.1) is 26.3 Å². The Morgan fingerprint density at radius 3 is 2.32 bits per heavy atom. The van der Waals surface area contributed by atoms with Gasteiger partial charge < -0.3 is 10.1 Å². The summed E-state index contributed by atoms with van der Waals surface area (Å²) in [5, 5.41) is 3.81. The molecular weight excluding hydrogens is 592 g/mol. The SMILES string of the molecule is C[C@@]1(Oc2cc(NS(=O)(=O)c3ccc(Sc4c(Cl)cccc4Cl)cc3Cl)ccc2C(F)(F)F)CCNC1. The molecule has 2 N–H and O–H groups in total. The second-order valence-electron chi connectivity index (χ2n) is 8.54. The van der Waals surface area contributed by atoms with Crippen LogP contribution in [0.4, 0.5) is 18.9 Å². The standard InChI is InChI=1S/C24H20Cl3F3N2O3S2/c1-23(9-10-31-13-23)35-20-11-14(5-7-16(20)24(28,29)30)32-37(33,34)21-8-6-15(12-19(21)27)36-22-17(25)3-2-4-18(22)26/h2-8,11-12,31-32H,9-10,13H2,1H3/t23-/m1/s1. The van der Waals surface area contributed by atoms with Crippen LogP contribution in [0.25, 0.3) is 0 Å². The zero-order valence-corrected chi connectivity index (χ0v) is 23.0. The molecule has 0 aromatic heterocycles. The fraction of sp³-hybridized carbons (Fsp3) is 0.250. The molecule has 1 aliphatic heterocycles. The molecular formula is C24H20Cl3F3N2O3S2. The highest BCUT2D eigenvalue weighted by atomic mass is 35.5. The topological polar surface area (TPSA) is 67.4 Å². The predicted octanol–water partition coefficient (Wildman–Crippen LogP) is 7.75. The zero-order valence-electron chi connectivity index (χ0n) is 19.1. The van der Waals surface area contributed by atoms with E-state index in [2.05, 4.69) is 10.0 Å². The number of hydrogen-bond donors (Lipinski definition) is 2. The molecule has 0 bridgehead atoms. The van der Waals surface area contributed by atoms with Crippen LogP contribution >= 0.6 is 46.6 Å². The van der Waals surface area contributed by atoms with Gasteiger partial charge in [-0.2, -0.15) is 13.2 Å². The Morgan fingerprint density at radius 2 is 1.73 bits per heavy atom. The maximum absolute atomic E-state index is 13.6. The zero-order chi connectivity index (χ0) is 27.0. The van der Waals surface area contributed by atoms with Crippen molar-refractivity contribution in [2.75, 3.05) is 17.8 Å². The van der Waals surface area contributed by atoms with Crippen LogP contribution in [0.1, 0.15) is 18.9 Å². The average Bonchev–Trinajstić information content (AvgIpc) is 3.21. The van der Waals surface area contributed by atoms with Gasteiger partial charge in [-0.25, -0.2) is 8.42 Å². The van der Waals surface area contributed by atoms with Crippen LogP contribution in [0.5, 0.6) is 5.75 Å². The van der Waals surface area contributed by atoms with Crippen molar-refractivity contribution in [3.05, 3.63) is 75.2 Å². The van der Waals surface area contributed by atoms with E-state index in [1.165, 1.54) is 30.0 Å². The molecule has 1 aliphatic rings. The molecule has 1 atom stereocenters. The minimum absolute atomic E-state index is 0.0893. The van der Waals surface area contributed by atoms with E-state index in [0.29, 0.717) is 39.3 Å². The Balaban J connectivity index is 1.60. The lowest BCUT2D eigenvalue weighted by molar-refractivity contribution is -0.139. The number of ether oxygens (including phenoxy) is 1. The summed E-state index contributed by atoms with van der Waals surface area (Å²) in [6, 6.07) is 12.2. The summed E-state index contributed by atoms with van der Waals surface area (Å²) in [6.07, 6.45) is -4.18. The van der Waals surface area contributed by atoms with Crippen LogP contribution in [0, 0.1) is 0 Å². The molecule has 0 amide bonds. The molecule has 0 unspecified atom stereocenters. The normalized spacial score (nSPS) is 18.1. The summed E-state index contributed by atoms with van der Waals surface area (Å²) in [4.78, 5) is 0.916. The maximum Gasteiger partial charge on any atom is 0.419 e. The maximum atomic E-state index is 13.6. The number of nitrogens with one attached hydrogen (secondary N) is 2. The molecule has 0 spiro atoms. The van der Waals surface area contributed by atoms with Crippen molar-refractivity contribution in [1.29, 1.82) is 0 Å². The van der Waals surface area contributed by atoms with Crippen molar-refractivity contribution in [2.24, 2.45) is 0 Å². The minimum Gasteiger partial charge on any atom is -0.485 e. The van der Waals surface area contributed by atoms with Crippen LogP contribution in [-0.2, 0) is 16.2 Å². The number of sulfonamides is 1. The second-order valence-corrected chi connectivity index (χ2v) is 12.5. The largest absolute Gasteiger partial charge is 0.485 e. The fourth-order valence-electron chi connectivity index (χ4n) is 3.72. The number of hydrogen-bond acceptors (Lipinski definition) is 5. The van der Waals surface area contributed by atoms with Gasteiger partial charge in [0.15, 0.2) is 0 Å². The monoisotopic (exact) mass is 610 g/mol. The minimum atomic E-state index is -4.68. The second kappa shape index (κ2) is 10.7. The molecule has 1 saturated heterocycles. The molecule has 0 saturated carbocycles. The summed E-state index contributed by atoms with van der Waals surface area (Å²) in [5.74, 6) is -0.464. The summed E-state index contributed by atoms with van der Waals surface area (Å²) < 4.78 is 75.0. The number of benzene rings is 3. The smallest absolute Gasteiger partial charge is 0.419 e. The van der Waals surface area contributed by atoms with Crippen molar-refractivity contribution in [2.45, 2.75) is 39.8 Å². The Kier molecular flexibility index (Phi) is 8.19. The Morgan fingerprint density at radius 1 is 1.03 bits per heavy atom. The van der Waals surface area contributed by atoms with Crippen LogP contribution in [0.15, 0.2) is 69.3 Å². The summed E-state index contributed by atoms with van der Waals surface area (Å²) >= 11 is 19.9. The highest BCUT2D eigenvalue weighted by molar-refractivity contribution is 7.99. The average molecular weight is 612 g/mol. The number of anilines is 1. The lowest BCUT2D eigenvalue weighted by Gasteiger charge is -2.27.